The average molecular weight is 691 g/mol. The van der Waals surface area contributed by atoms with Crippen LogP contribution in [-0.4, -0.2) is 30.9 Å². The summed E-state index contributed by atoms with van der Waals surface area (Å²) in [7, 11) is 1.57. The molecule has 50 heavy (non-hydrogen) atoms. The van der Waals surface area contributed by atoms with Crippen LogP contribution in [-0.2, 0) is 22.7 Å². The largest absolute Gasteiger partial charge is 0.493 e. The molecule has 5 aromatic rings. The van der Waals surface area contributed by atoms with Crippen molar-refractivity contribution in [3.63, 3.8) is 0 Å². The van der Waals surface area contributed by atoms with Crippen LogP contribution in [0.4, 0.5) is 0 Å². The smallest absolute Gasteiger partial charge is 0.338 e. The minimum atomic E-state index is -0.734. The van der Waals surface area contributed by atoms with Crippen LogP contribution in [0.5, 0.6) is 23.0 Å². The van der Waals surface area contributed by atoms with Gasteiger partial charge in [-0.05, 0) is 73.4 Å². The summed E-state index contributed by atoms with van der Waals surface area (Å²) in [6.45, 7) is 6.79. The van der Waals surface area contributed by atoms with Crippen molar-refractivity contribution in [2.75, 3.05) is 20.3 Å². The standard InChI is InChI=1S/C40H38N2O7S/c1-5-46-34-21-29(17-19-32(34)49-25-28-15-11-8-12-16-28)22-35-38(43)42-26(3)36(39(44)47-6-2)37(41-40(42)50-35)30-18-20-31(33(23-30)45-4)48-24-27-13-9-7-10-14-27/h7-23,37H,5-6,24-25H2,1-4H3/b35-22-/t37-/m1/s1. The van der Waals surface area contributed by atoms with Crippen LogP contribution in [0.3, 0.4) is 0 Å². The number of fused-ring (bicyclic) bond motifs is 1. The van der Waals surface area contributed by atoms with E-state index in [1.165, 1.54) is 15.9 Å². The van der Waals surface area contributed by atoms with Crippen LogP contribution < -0.4 is 33.8 Å². The van der Waals surface area contributed by atoms with E-state index < -0.39 is 12.0 Å². The lowest BCUT2D eigenvalue weighted by molar-refractivity contribution is -0.138. The second-order valence-electron chi connectivity index (χ2n) is 11.4. The number of esters is 1. The predicted molar refractivity (Wildman–Crippen MR) is 193 cm³/mol. The van der Waals surface area contributed by atoms with Crippen molar-refractivity contribution in [2.45, 2.75) is 40.0 Å². The monoisotopic (exact) mass is 690 g/mol. The molecular formula is C40H38N2O7S. The number of hydrogen-bond acceptors (Lipinski definition) is 9. The molecule has 0 radical (unpaired) electrons. The molecular weight excluding hydrogens is 653 g/mol. The van der Waals surface area contributed by atoms with E-state index in [4.69, 9.17) is 28.7 Å². The van der Waals surface area contributed by atoms with Crippen molar-refractivity contribution >= 4 is 29.1 Å². The van der Waals surface area contributed by atoms with E-state index >= 15 is 0 Å². The number of ether oxygens (including phenoxy) is 5. The normalized spacial score (nSPS) is 14.1. The maximum atomic E-state index is 13.9. The second-order valence-corrected chi connectivity index (χ2v) is 12.4. The third-order valence-corrected chi connectivity index (χ3v) is 9.07. The molecule has 2 heterocycles. The van der Waals surface area contributed by atoms with E-state index in [-0.39, 0.29) is 17.7 Å². The fourth-order valence-electron chi connectivity index (χ4n) is 5.66. The Hall–Kier alpha value is -5.61. The summed E-state index contributed by atoms with van der Waals surface area (Å²) >= 11 is 1.25. The Labute approximate surface area is 294 Å². The Morgan fingerprint density at radius 1 is 0.800 bits per heavy atom. The van der Waals surface area contributed by atoms with E-state index in [2.05, 4.69) is 0 Å². The number of allylic oxidation sites excluding steroid dienone is 1. The molecule has 9 nitrogen and oxygen atoms in total. The zero-order chi connectivity index (χ0) is 35.0. The number of carbonyl (C=O) groups is 1. The summed E-state index contributed by atoms with van der Waals surface area (Å²) in [6.07, 6.45) is 1.80. The molecule has 1 aliphatic rings. The zero-order valence-electron chi connectivity index (χ0n) is 28.4. The van der Waals surface area contributed by atoms with E-state index in [9.17, 15) is 9.59 Å². The maximum absolute atomic E-state index is 13.9. The highest BCUT2D eigenvalue weighted by molar-refractivity contribution is 7.07. The van der Waals surface area contributed by atoms with Crippen molar-refractivity contribution in [3.8, 4) is 23.0 Å². The van der Waals surface area contributed by atoms with Gasteiger partial charge in [0.1, 0.15) is 19.3 Å². The molecule has 0 N–H and O–H groups in total. The van der Waals surface area contributed by atoms with Crippen LogP contribution in [0, 0.1) is 0 Å². The Morgan fingerprint density at radius 2 is 1.44 bits per heavy atom. The lowest BCUT2D eigenvalue weighted by Gasteiger charge is -2.23. The zero-order valence-corrected chi connectivity index (χ0v) is 29.2. The first-order chi connectivity index (χ1) is 24.4. The first kappa shape index (κ1) is 34.3. The highest BCUT2D eigenvalue weighted by atomic mass is 32.1. The van der Waals surface area contributed by atoms with Gasteiger partial charge in [-0.15, -0.1) is 0 Å². The molecule has 1 aliphatic heterocycles. The summed E-state index contributed by atoms with van der Waals surface area (Å²) in [5.74, 6) is 1.71. The topological polar surface area (TPSA) is 97.6 Å². The summed E-state index contributed by atoms with van der Waals surface area (Å²) < 4.78 is 31.1. The number of nitrogens with zero attached hydrogens (tertiary/aromatic N) is 2. The molecule has 4 aromatic carbocycles. The first-order valence-corrected chi connectivity index (χ1v) is 17.2. The molecule has 0 unspecified atom stereocenters. The third kappa shape index (κ3) is 7.50. The van der Waals surface area contributed by atoms with Gasteiger partial charge < -0.3 is 23.7 Å². The van der Waals surface area contributed by atoms with Gasteiger partial charge in [0.25, 0.3) is 5.56 Å². The van der Waals surface area contributed by atoms with Gasteiger partial charge in [-0.3, -0.25) is 9.36 Å². The lowest BCUT2D eigenvalue weighted by atomic mass is 9.96. The minimum absolute atomic E-state index is 0.176. The molecule has 0 spiro atoms. The second kappa shape index (κ2) is 15.7. The summed E-state index contributed by atoms with van der Waals surface area (Å²) in [4.78, 5) is 32.7. The molecule has 10 heteroatoms. The predicted octanol–water partition coefficient (Wildman–Crippen LogP) is 6.47. The van der Waals surface area contributed by atoms with Crippen molar-refractivity contribution in [3.05, 3.63) is 145 Å². The fourth-order valence-corrected chi connectivity index (χ4v) is 6.70. The molecule has 256 valence electrons. The van der Waals surface area contributed by atoms with Gasteiger partial charge in [0.05, 0.1) is 30.4 Å². The third-order valence-electron chi connectivity index (χ3n) is 8.08. The van der Waals surface area contributed by atoms with Gasteiger partial charge in [0.15, 0.2) is 27.8 Å². The Kier molecular flexibility index (Phi) is 10.8. The molecule has 6 rings (SSSR count). The maximum Gasteiger partial charge on any atom is 0.338 e. The van der Waals surface area contributed by atoms with Gasteiger partial charge in [0, 0.05) is 5.70 Å². The molecule has 0 bridgehead atoms. The number of rotatable bonds is 13. The Morgan fingerprint density at radius 3 is 2.06 bits per heavy atom. The molecule has 0 saturated heterocycles. The van der Waals surface area contributed by atoms with E-state index in [0.717, 1.165) is 16.7 Å². The lowest BCUT2D eigenvalue weighted by Crippen LogP contribution is -2.35. The van der Waals surface area contributed by atoms with Crippen LogP contribution >= 0.6 is 11.3 Å². The van der Waals surface area contributed by atoms with Crippen LogP contribution in [0.1, 0.15) is 49.1 Å². The molecule has 1 atom stereocenters. The van der Waals surface area contributed by atoms with E-state index in [1.54, 1.807) is 27.0 Å². The van der Waals surface area contributed by atoms with Crippen LogP contribution in [0.15, 0.2) is 112 Å². The first-order valence-electron chi connectivity index (χ1n) is 16.4. The highest BCUT2D eigenvalue weighted by Crippen LogP contribution is 2.37. The van der Waals surface area contributed by atoms with Gasteiger partial charge in [0.2, 0.25) is 0 Å². The SMILES string of the molecule is CCOC(=O)C1=C(C)n2c(s/c(=C\c3ccc(OCc4ccccc4)c(OCC)c3)c2=O)=N[C@@H]1c1ccc(OCc2ccccc2)c(OC)c1. The quantitative estimate of drug-likeness (QED) is 0.131. The van der Waals surface area contributed by atoms with Crippen LogP contribution in [0.25, 0.3) is 11.8 Å². The number of thiazole rings is 1. The highest BCUT2D eigenvalue weighted by Gasteiger charge is 2.32. The Bertz CT molecular complexity index is 2190. The van der Waals surface area contributed by atoms with Crippen LogP contribution in [0.2, 0.25) is 0 Å². The van der Waals surface area contributed by atoms with Gasteiger partial charge >= 0.3 is 5.97 Å². The summed E-state index contributed by atoms with van der Waals surface area (Å²) in [6, 6.07) is 30.1. The number of benzene rings is 4. The molecule has 1 aromatic heterocycles. The Balaban J connectivity index is 1.36. The number of aromatic nitrogens is 1. The van der Waals surface area contributed by atoms with Crippen molar-refractivity contribution in [1.29, 1.82) is 0 Å². The molecule has 0 aliphatic carbocycles. The van der Waals surface area contributed by atoms with Crippen molar-refractivity contribution in [2.24, 2.45) is 4.99 Å². The van der Waals surface area contributed by atoms with Gasteiger partial charge in [-0.1, -0.05) is 84.1 Å². The summed E-state index contributed by atoms with van der Waals surface area (Å²) in [5, 5.41) is 0. The summed E-state index contributed by atoms with van der Waals surface area (Å²) in [5.41, 5.74) is 3.98. The van der Waals surface area contributed by atoms with Crippen molar-refractivity contribution in [1.82, 2.24) is 4.57 Å². The molecule has 0 fully saturated rings. The van der Waals surface area contributed by atoms with E-state index in [1.807, 2.05) is 104 Å². The number of hydrogen-bond donors (Lipinski definition) is 0. The molecule has 0 saturated carbocycles. The number of carbonyl (C=O) groups excluding carboxylic acids is 1. The molecule has 0 amide bonds. The average Bonchev–Trinajstić information content (AvgIpc) is 3.45. The van der Waals surface area contributed by atoms with Gasteiger partial charge in [-0.2, -0.15) is 0 Å². The van der Waals surface area contributed by atoms with E-state index in [0.29, 0.717) is 63.4 Å². The minimum Gasteiger partial charge on any atom is -0.493 e. The van der Waals surface area contributed by atoms with Gasteiger partial charge in [-0.25, -0.2) is 9.79 Å². The fraction of sp³-hybridized carbons (Fsp3) is 0.225. The van der Waals surface area contributed by atoms with Crippen molar-refractivity contribution < 1.29 is 28.5 Å². The number of methoxy groups -OCH3 is 1.